The van der Waals surface area contributed by atoms with Crippen molar-refractivity contribution in [2.45, 2.75) is 19.4 Å². The summed E-state index contributed by atoms with van der Waals surface area (Å²) >= 11 is 7.75. The van der Waals surface area contributed by atoms with Crippen molar-refractivity contribution in [2.24, 2.45) is 0 Å². The van der Waals surface area contributed by atoms with E-state index in [0.717, 1.165) is 11.3 Å². The second kappa shape index (κ2) is 7.67. The maximum atomic E-state index is 12.1. The first-order chi connectivity index (χ1) is 8.60. The molecule has 0 bridgehead atoms. The molecule has 2 N–H and O–H groups in total. The monoisotopic (exact) mass is 287 g/mol. The molecule has 3 nitrogen and oxygen atoms in total. The molecule has 1 atom stereocenters. The number of rotatable bonds is 6. The van der Waals surface area contributed by atoms with Gasteiger partial charge in [-0.05, 0) is 31.2 Å². The van der Waals surface area contributed by atoms with E-state index < -0.39 is 0 Å². The maximum Gasteiger partial charge on any atom is 0.253 e. The largest absolute Gasteiger partial charge is 0.396 e. The number of aliphatic hydroxyl groups excluding tert-OH is 1. The second-order valence-electron chi connectivity index (χ2n) is 4.07. The van der Waals surface area contributed by atoms with Gasteiger partial charge in [-0.1, -0.05) is 23.7 Å². The van der Waals surface area contributed by atoms with Gasteiger partial charge in [0.1, 0.15) is 0 Å². The first kappa shape index (κ1) is 15.3. The lowest BCUT2D eigenvalue weighted by molar-refractivity contribution is 0.0935. The topological polar surface area (TPSA) is 49.3 Å². The highest BCUT2D eigenvalue weighted by molar-refractivity contribution is 7.98. The molecule has 100 valence electrons. The van der Waals surface area contributed by atoms with Crippen molar-refractivity contribution in [3.63, 3.8) is 0 Å². The zero-order valence-electron chi connectivity index (χ0n) is 10.6. The van der Waals surface area contributed by atoms with Crippen molar-refractivity contribution >= 4 is 29.3 Å². The van der Waals surface area contributed by atoms with E-state index in [1.165, 1.54) is 0 Å². The summed E-state index contributed by atoms with van der Waals surface area (Å²) in [6, 6.07) is 5.35. The number of benzene rings is 1. The zero-order chi connectivity index (χ0) is 13.5. The Labute approximate surface area is 117 Å². The average molecular weight is 288 g/mol. The Morgan fingerprint density at radius 1 is 1.56 bits per heavy atom. The molecule has 0 aliphatic heterocycles. The summed E-state index contributed by atoms with van der Waals surface area (Å²) in [5.41, 5.74) is 1.37. The summed E-state index contributed by atoms with van der Waals surface area (Å²) in [7, 11) is 0. The minimum Gasteiger partial charge on any atom is -0.396 e. The highest BCUT2D eigenvalue weighted by Gasteiger charge is 2.16. The van der Waals surface area contributed by atoms with Crippen LogP contribution >= 0.6 is 23.4 Å². The van der Waals surface area contributed by atoms with Gasteiger partial charge in [0.15, 0.2) is 0 Å². The van der Waals surface area contributed by atoms with Crippen molar-refractivity contribution in [3.8, 4) is 0 Å². The van der Waals surface area contributed by atoms with Gasteiger partial charge in [-0.15, -0.1) is 0 Å². The standard InChI is InChI=1S/C13H18ClNO2S/c1-9-4-3-5-11(12(9)14)13(17)15-10(6-7-16)8-18-2/h3-5,10,16H,6-8H2,1-2H3,(H,15,17)/t10-/m1/s1. The number of nitrogens with one attached hydrogen (secondary N) is 1. The molecule has 1 aromatic carbocycles. The highest BCUT2D eigenvalue weighted by Crippen LogP contribution is 2.20. The molecule has 18 heavy (non-hydrogen) atoms. The SMILES string of the molecule is CSC[C@@H](CCO)NC(=O)c1cccc(C)c1Cl. The molecule has 0 radical (unpaired) electrons. The van der Waals surface area contributed by atoms with Crippen LogP contribution < -0.4 is 5.32 Å². The quantitative estimate of drug-likeness (QED) is 0.845. The van der Waals surface area contributed by atoms with E-state index >= 15 is 0 Å². The molecule has 0 saturated heterocycles. The lowest BCUT2D eigenvalue weighted by Gasteiger charge is -2.17. The smallest absolute Gasteiger partial charge is 0.253 e. The van der Waals surface area contributed by atoms with Gasteiger partial charge in [-0.25, -0.2) is 0 Å². The summed E-state index contributed by atoms with van der Waals surface area (Å²) in [5, 5.41) is 12.3. The van der Waals surface area contributed by atoms with Crippen molar-refractivity contribution < 1.29 is 9.90 Å². The summed E-state index contributed by atoms with van der Waals surface area (Å²) in [6.45, 7) is 1.93. The lowest BCUT2D eigenvalue weighted by atomic mass is 10.1. The molecular weight excluding hydrogens is 270 g/mol. The number of aliphatic hydroxyl groups is 1. The van der Waals surface area contributed by atoms with E-state index in [1.54, 1.807) is 17.8 Å². The molecule has 0 fully saturated rings. The van der Waals surface area contributed by atoms with Gasteiger partial charge in [-0.3, -0.25) is 4.79 Å². The lowest BCUT2D eigenvalue weighted by Crippen LogP contribution is -2.37. The number of hydrogen-bond donors (Lipinski definition) is 2. The number of amides is 1. The van der Waals surface area contributed by atoms with Gasteiger partial charge < -0.3 is 10.4 Å². The zero-order valence-corrected chi connectivity index (χ0v) is 12.1. The molecule has 1 amide bonds. The van der Waals surface area contributed by atoms with Crippen LogP contribution in [0.15, 0.2) is 18.2 Å². The fraction of sp³-hybridized carbons (Fsp3) is 0.462. The molecule has 0 aliphatic carbocycles. The molecular formula is C13H18ClNO2S. The number of hydrogen-bond acceptors (Lipinski definition) is 3. The van der Waals surface area contributed by atoms with Crippen LogP contribution in [0.2, 0.25) is 5.02 Å². The Kier molecular flexibility index (Phi) is 6.54. The average Bonchev–Trinajstić information content (AvgIpc) is 2.33. The van der Waals surface area contributed by atoms with E-state index in [2.05, 4.69) is 5.32 Å². The molecule has 5 heteroatoms. The molecule has 0 aliphatic rings. The van der Waals surface area contributed by atoms with E-state index in [1.807, 2.05) is 25.3 Å². The normalized spacial score (nSPS) is 12.2. The third-order valence-corrected chi connectivity index (χ3v) is 3.85. The van der Waals surface area contributed by atoms with Gasteiger partial charge in [0.05, 0.1) is 10.6 Å². The molecule has 0 spiro atoms. The Morgan fingerprint density at radius 2 is 2.28 bits per heavy atom. The van der Waals surface area contributed by atoms with Crippen LogP contribution in [0.1, 0.15) is 22.3 Å². The van der Waals surface area contributed by atoms with Gasteiger partial charge in [0, 0.05) is 18.4 Å². The number of thioether (sulfide) groups is 1. The molecule has 0 aromatic heterocycles. The Bertz CT molecular complexity index is 406. The van der Waals surface area contributed by atoms with Gasteiger partial charge in [0.25, 0.3) is 5.91 Å². The third-order valence-electron chi connectivity index (χ3n) is 2.62. The van der Waals surface area contributed by atoms with Gasteiger partial charge in [-0.2, -0.15) is 11.8 Å². The second-order valence-corrected chi connectivity index (χ2v) is 5.36. The number of aryl methyl sites for hydroxylation is 1. The van der Waals surface area contributed by atoms with Crippen LogP contribution in [0.3, 0.4) is 0 Å². The molecule has 1 aromatic rings. The Balaban J connectivity index is 2.77. The van der Waals surface area contributed by atoms with Crippen molar-refractivity contribution in [3.05, 3.63) is 34.3 Å². The van der Waals surface area contributed by atoms with E-state index in [0.29, 0.717) is 17.0 Å². The molecule has 0 unspecified atom stereocenters. The predicted octanol–water partition coefficient (Wildman–Crippen LogP) is 2.49. The van der Waals surface area contributed by atoms with Crippen LogP contribution in [0.5, 0.6) is 0 Å². The summed E-state index contributed by atoms with van der Waals surface area (Å²) in [5.74, 6) is 0.589. The number of halogens is 1. The third kappa shape index (κ3) is 4.19. The Hall–Kier alpha value is -0.710. The van der Waals surface area contributed by atoms with Crippen LogP contribution in [0.4, 0.5) is 0 Å². The number of carbonyl (C=O) groups is 1. The molecule has 1 rings (SSSR count). The molecule has 0 saturated carbocycles. The van der Waals surface area contributed by atoms with Gasteiger partial charge in [0.2, 0.25) is 0 Å². The van der Waals surface area contributed by atoms with Crippen LogP contribution in [0, 0.1) is 6.92 Å². The summed E-state index contributed by atoms with van der Waals surface area (Å²) in [6.07, 6.45) is 2.52. The minimum atomic E-state index is -0.184. The first-order valence-corrected chi connectivity index (χ1v) is 7.53. The highest BCUT2D eigenvalue weighted by atomic mass is 35.5. The van der Waals surface area contributed by atoms with Crippen molar-refractivity contribution in [2.75, 3.05) is 18.6 Å². The van der Waals surface area contributed by atoms with Crippen LogP contribution in [-0.4, -0.2) is 35.7 Å². The Morgan fingerprint density at radius 3 is 2.89 bits per heavy atom. The predicted molar refractivity (Wildman–Crippen MR) is 77.5 cm³/mol. The molecule has 0 heterocycles. The minimum absolute atomic E-state index is 0.0333. The van der Waals surface area contributed by atoms with E-state index in [4.69, 9.17) is 16.7 Å². The van der Waals surface area contributed by atoms with Gasteiger partial charge >= 0.3 is 0 Å². The van der Waals surface area contributed by atoms with Crippen molar-refractivity contribution in [1.82, 2.24) is 5.32 Å². The van der Waals surface area contributed by atoms with E-state index in [9.17, 15) is 4.79 Å². The number of carbonyl (C=O) groups excluding carboxylic acids is 1. The maximum absolute atomic E-state index is 12.1. The fourth-order valence-electron chi connectivity index (χ4n) is 1.64. The van der Waals surface area contributed by atoms with Crippen molar-refractivity contribution in [1.29, 1.82) is 0 Å². The summed E-state index contributed by atoms with van der Waals surface area (Å²) < 4.78 is 0. The fourth-order valence-corrected chi connectivity index (χ4v) is 2.50. The van der Waals surface area contributed by atoms with Crippen LogP contribution in [-0.2, 0) is 0 Å². The van der Waals surface area contributed by atoms with E-state index in [-0.39, 0.29) is 18.6 Å². The summed E-state index contributed by atoms with van der Waals surface area (Å²) in [4.78, 5) is 12.1. The first-order valence-electron chi connectivity index (χ1n) is 5.76. The van der Waals surface area contributed by atoms with Crippen LogP contribution in [0.25, 0.3) is 0 Å².